The number of hydrogen-bond donors (Lipinski definition) is 1. The average Bonchev–Trinajstić information content (AvgIpc) is 2.53. The Bertz CT molecular complexity index is 600. The SMILES string of the molecule is CCCCOC(=O)c1ccc(NC(=O)COC(=O)C=C(C)C)cc1. The maximum atomic E-state index is 11.7. The molecule has 1 aromatic carbocycles. The van der Waals surface area contributed by atoms with Crippen LogP contribution in [0.15, 0.2) is 35.9 Å². The summed E-state index contributed by atoms with van der Waals surface area (Å²) in [6.45, 7) is 5.56. The second-order valence-corrected chi connectivity index (χ2v) is 5.44. The maximum absolute atomic E-state index is 11.7. The van der Waals surface area contributed by atoms with Crippen molar-refractivity contribution >= 4 is 23.5 Å². The molecule has 0 aliphatic heterocycles. The molecule has 0 atom stereocenters. The predicted octanol–water partition coefficient (Wildman–Crippen LogP) is 3.09. The van der Waals surface area contributed by atoms with Gasteiger partial charge in [0, 0.05) is 11.8 Å². The Morgan fingerprint density at radius 3 is 2.33 bits per heavy atom. The first kappa shape index (κ1) is 19.4. The van der Waals surface area contributed by atoms with E-state index in [-0.39, 0.29) is 6.61 Å². The van der Waals surface area contributed by atoms with Gasteiger partial charge in [-0.3, -0.25) is 4.79 Å². The normalized spacial score (nSPS) is 9.79. The predicted molar refractivity (Wildman–Crippen MR) is 90.7 cm³/mol. The van der Waals surface area contributed by atoms with Crippen LogP contribution in [-0.4, -0.2) is 31.1 Å². The summed E-state index contributed by atoms with van der Waals surface area (Å²) in [5.41, 5.74) is 1.71. The fourth-order valence-corrected chi connectivity index (χ4v) is 1.69. The summed E-state index contributed by atoms with van der Waals surface area (Å²) < 4.78 is 9.90. The highest BCUT2D eigenvalue weighted by Crippen LogP contribution is 2.11. The lowest BCUT2D eigenvalue weighted by atomic mass is 10.2. The molecule has 1 N–H and O–H groups in total. The minimum Gasteiger partial charge on any atom is -0.462 e. The molecule has 0 heterocycles. The van der Waals surface area contributed by atoms with Crippen LogP contribution in [0.3, 0.4) is 0 Å². The number of unbranched alkanes of at least 4 members (excludes halogenated alkanes) is 1. The number of ether oxygens (including phenoxy) is 2. The van der Waals surface area contributed by atoms with E-state index in [9.17, 15) is 14.4 Å². The standard InChI is InChI=1S/C18H23NO5/c1-4-5-10-23-18(22)14-6-8-15(9-7-14)19-16(20)12-24-17(21)11-13(2)3/h6-9,11H,4-5,10,12H2,1-3H3,(H,19,20). The van der Waals surface area contributed by atoms with Gasteiger partial charge >= 0.3 is 11.9 Å². The van der Waals surface area contributed by atoms with E-state index in [1.807, 2.05) is 6.92 Å². The molecule has 0 radical (unpaired) electrons. The first-order chi connectivity index (χ1) is 11.4. The molecular formula is C18H23NO5. The molecule has 1 rings (SSSR count). The number of nitrogens with one attached hydrogen (secondary N) is 1. The quantitative estimate of drug-likeness (QED) is 0.449. The molecule has 24 heavy (non-hydrogen) atoms. The van der Waals surface area contributed by atoms with Crippen LogP contribution in [0.2, 0.25) is 0 Å². The van der Waals surface area contributed by atoms with Crippen molar-refractivity contribution in [2.45, 2.75) is 33.6 Å². The number of carbonyl (C=O) groups excluding carboxylic acids is 3. The van der Waals surface area contributed by atoms with Crippen molar-refractivity contribution in [1.82, 2.24) is 0 Å². The highest BCUT2D eigenvalue weighted by atomic mass is 16.5. The van der Waals surface area contributed by atoms with E-state index in [0.29, 0.717) is 17.9 Å². The van der Waals surface area contributed by atoms with Crippen LogP contribution in [-0.2, 0) is 19.1 Å². The van der Waals surface area contributed by atoms with Crippen LogP contribution in [0, 0.1) is 0 Å². The summed E-state index contributed by atoms with van der Waals surface area (Å²) in [6.07, 6.45) is 3.09. The topological polar surface area (TPSA) is 81.7 Å². The van der Waals surface area contributed by atoms with Crippen molar-refractivity contribution in [3.63, 3.8) is 0 Å². The second-order valence-electron chi connectivity index (χ2n) is 5.44. The molecule has 0 fully saturated rings. The van der Waals surface area contributed by atoms with Gasteiger partial charge in [0.25, 0.3) is 5.91 Å². The molecule has 1 amide bonds. The molecule has 0 unspecified atom stereocenters. The Kier molecular flexibility index (Phi) is 8.25. The Labute approximate surface area is 141 Å². The van der Waals surface area contributed by atoms with Crippen molar-refractivity contribution in [3.05, 3.63) is 41.5 Å². The van der Waals surface area contributed by atoms with Gasteiger partial charge in [0.05, 0.1) is 12.2 Å². The molecule has 130 valence electrons. The fourth-order valence-electron chi connectivity index (χ4n) is 1.69. The lowest BCUT2D eigenvalue weighted by Gasteiger charge is -2.07. The largest absolute Gasteiger partial charge is 0.462 e. The number of amides is 1. The highest BCUT2D eigenvalue weighted by Gasteiger charge is 2.09. The zero-order valence-electron chi connectivity index (χ0n) is 14.3. The van der Waals surface area contributed by atoms with Gasteiger partial charge in [-0.05, 0) is 44.5 Å². The van der Waals surface area contributed by atoms with Crippen LogP contribution in [0.1, 0.15) is 44.0 Å². The lowest BCUT2D eigenvalue weighted by molar-refractivity contribution is -0.142. The molecule has 0 aliphatic carbocycles. The summed E-state index contributed by atoms with van der Waals surface area (Å²) in [5.74, 6) is -1.41. The Morgan fingerprint density at radius 1 is 1.08 bits per heavy atom. The molecule has 1 aromatic rings. The molecule has 0 saturated heterocycles. The molecule has 0 aromatic heterocycles. The molecule has 6 nitrogen and oxygen atoms in total. The van der Waals surface area contributed by atoms with E-state index in [1.54, 1.807) is 38.1 Å². The van der Waals surface area contributed by atoms with Gasteiger partial charge in [0.1, 0.15) is 0 Å². The number of esters is 2. The molecule has 6 heteroatoms. The minimum atomic E-state index is -0.560. The van der Waals surface area contributed by atoms with Gasteiger partial charge in [-0.25, -0.2) is 9.59 Å². The average molecular weight is 333 g/mol. The van der Waals surface area contributed by atoms with Crippen molar-refractivity contribution in [2.75, 3.05) is 18.5 Å². The minimum absolute atomic E-state index is 0.372. The number of benzene rings is 1. The number of carbonyl (C=O) groups is 3. The van der Waals surface area contributed by atoms with E-state index < -0.39 is 17.8 Å². The number of allylic oxidation sites excluding steroid dienone is 1. The lowest BCUT2D eigenvalue weighted by Crippen LogP contribution is -2.20. The van der Waals surface area contributed by atoms with Gasteiger partial charge in [0.15, 0.2) is 6.61 Å². The third-order valence-electron chi connectivity index (χ3n) is 2.89. The van der Waals surface area contributed by atoms with Gasteiger partial charge in [-0.2, -0.15) is 0 Å². The smallest absolute Gasteiger partial charge is 0.338 e. The van der Waals surface area contributed by atoms with Crippen molar-refractivity contribution < 1.29 is 23.9 Å². The first-order valence-corrected chi connectivity index (χ1v) is 7.81. The summed E-state index contributed by atoms with van der Waals surface area (Å²) in [5, 5.41) is 2.58. The molecule has 0 spiro atoms. The zero-order valence-corrected chi connectivity index (χ0v) is 14.3. The van der Waals surface area contributed by atoms with Crippen LogP contribution in [0.25, 0.3) is 0 Å². The molecule has 0 saturated carbocycles. The van der Waals surface area contributed by atoms with Crippen molar-refractivity contribution in [1.29, 1.82) is 0 Å². The van der Waals surface area contributed by atoms with Gasteiger partial charge in [-0.15, -0.1) is 0 Å². The molecule has 0 bridgehead atoms. The van der Waals surface area contributed by atoms with Crippen LogP contribution >= 0.6 is 0 Å². The van der Waals surface area contributed by atoms with E-state index in [1.165, 1.54) is 6.08 Å². The molecular weight excluding hydrogens is 310 g/mol. The third-order valence-corrected chi connectivity index (χ3v) is 2.89. The van der Waals surface area contributed by atoms with E-state index in [4.69, 9.17) is 9.47 Å². The van der Waals surface area contributed by atoms with Crippen LogP contribution in [0.4, 0.5) is 5.69 Å². The Morgan fingerprint density at radius 2 is 1.75 bits per heavy atom. The van der Waals surface area contributed by atoms with Crippen molar-refractivity contribution in [3.8, 4) is 0 Å². The van der Waals surface area contributed by atoms with E-state index in [2.05, 4.69) is 5.32 Å². The summed E-state index contributed by atoms with van der Waals surface area (Å²) in [4.78, 5) is 34.7. The number of anilines is 1. The van der Waals surface area contributed by atoms with Crippen LogP contribution in [0.5, 0.6) is 0 Å². The Balaban J connectivity index is 2.46. The van der Waals surface area contributed by atoms with Gasteiger partial charge in [0.2, 0.25) is 0 Å². The maximum Gasteiger partial charge on any atom is 0.338 e. The summed E-state index contributed by atoms with van der Waals surface area (Å²) in [7, 11) is 0. The monoisotopic (exact) mass is 333 g/mol. The van der Waals surface area contributed by atoms with E-state index >= 15 is 0 Å². The van der Waals surface area contributed by atoms with Gasteiger partial charge in [-0.1, -0.05) is 18.9 Å². The third kappa shape index (κ3) is 7.58. The summed E-state index contributed by atoms with van der Waals surface area (Å²) >= 11 is 0. The Hall–Kier alpha value is -2.63. The second kappa shape index (κ2) is 10.2. The number of rotatable bonds is 8. The van der Waals surface area contributed by atoms with Crippen molar-refractivity contribution in [2.24, 2.45) is 0 Å². The van der Waals surface area contributed by atoms with Crippen LogP contribution < -0.4 is 5.32 Å². The highest BCUT2D eigenvalue weighted by molar-refractivity contribution is 5.95. The molecule has 0 aliphatic rings. The number of hydrogen-bond acceptors (Lipinski definition) is 5. The summed E-state index contributed by atoms with van der Waals surface area (Å²) in [6, 6.07) is 6.32. The van der Waals surface area contributed by atoms with Gasteiger partial charge < -0.3 is 14.8 Å². The van der Waals surface area contributed by atoms with E-state index in [0.717, 1.165) is 18.4 Å². The first-order valence-electron chi connectivity index (χ1n) is 7.81. The zero-order chi connectivity index (χ0) is 17.9. The fraction of sp³-hybridized carbons (Fsp3) is 0.389.